The van der Waals surface area contributed by atoms with Crippen LogP contribution in [-0.4, -0.2) is 16.1 Å². The van der Waals surface area contributed by atoms with Gasteiger partial charge in [-0.2, -0.15) is 0 Å². The number of halogens is 4. The molecule has 82 valence electrons. The molecule has 1 N–H and O–H groups in total. The summed E-state index contributed by atoms with van der Waals surface area (Å²) in [7, 11) is 0. The Morgan fingerprint density at radius 2 is 2.20 bits per heavy atom. The highest BCUT2D eigenvalue weighted by atomic mass is 127. The van der Waals surface area contributed by atoms with E-state index in [0.29, 0.717) is 0 Å². The number of pyridine rings is 1. The Kier molecular flexibility index (Phi) is 3.89. The van der Waals surface area contributed by atoms with E-state index < -0.39 is 35.8 Å². The number of rotatable bonds is 3. The van der Waals surface area contributed by atoms with Crippen molar-refractivity contribution in [2.45, 2.75) is 12.8 Å². The number of aromatic nitrogens is 1. The number of aliphatic carboxylic acids is 1. The van der Waals surface area contributed by atoms with E-state index in [4.69, 9.17) is 5.11 Å². The van der Waals surface area contributed by atoms with Crippen molar-refractivity contribution >= 4 is 28.6 Å². The topological polar surface area (TPSA) is 50.2 Å². The summed E-state index contributed by atoms with van der Waals surface area (Å²) in [4.78, 5) is 13.8. The number of carboxylic acid groups (broad SMARTS) is 1. The second-order valence-corrected chi connectivity index (χ2v) is 3.69. The maximum atomic E-state index is 13.3. The van der Waals surface area contributed by atoms with E-state index in [1.54, 1.807) is 0 Å². The molecular weight excluding hydrogens is 326 g/mol. The van der Waals surface area contributed by atoms with Gasteiger partial charge in [0.2, 0.25) is 0 Å². The van der Waals surface area contributed by atoms with Crippen molar-refractivity contribution in [3.63, 3.8) is 0 Å². The summed E-state index contributed by atoms with van der Waals surface area (Å²) in [5, 5.41) is 8.45. The van der Waals surface area contributed by atoms with Gasteiger partial charge in [-0.05, 0) is 22.6 Å². The first kappa shape index (κ1) is 12.2. The average molecular weight is 331 g/mol. The van der Waals surface area contributed by atoms with Crippen LogP contribution in [0.4, 0.5) is 13.2 Å². The van der Waals surface area contributed by atoms with Gasteiger partial charge in [0.25, 0.3) is 6.43 Å². The van der Waals surface area contributed by atoms with E-state index in [0.717, 1.165) is 6.20 Å². The third-order valence-corrected chi connectivity index (χ3v) is 2.43. The third kappa shape index (κ3) is 2.80. The van der Waals surface area contributed by atoms with Crippen LogP contribution in [0.5, 0.6) is 0 Å². The van der Waals surface area contributed by atoms with Gasteiger partial charge < -0.3 is 5.11 Å². The molecule has 0 bridgehead atoms. The fraction of sp³-hybridized carbons (Fsp3) is 0.250. The van der Waals surface area contributed by atoms with Crippen molar-refractivity contribution in [1.29, 1.82) is 0 Å². The van der Waals surface area contributed by atoms with Crippen LogP contribution in [0.2, 0.25) is 0 Å². The summed E-state index contributed by atoms with van der Waals surface area (Å²) in [6.07, 6.45) is -2.91. The highest BCUT2D eigenvalue weighted by Crippen LogP contribution is 2.26. The van der Waals surface area contributed by atoms with Gasteiger partial charge in [0.05, 0.1) is 6.42 Å². The van der Waals surface area contributed by atoms with Crippen molar-refractivity contribution < 1.29 is 23.1 Å². The summed E-state index contributed by atoms with van der Waals surface area (Å²) in [6, 6.07) is 0. The first-order chi connectivity index (χ1) is 6.93. The molecule has 0 aliphatic carbocycles. The zero-order valence-corrected chi connectivity index (χ0v) is 9.33. The number of nitrogens with zero attached hydrogens (tertiary/aromatic N) is 1. The van der Waals surface area contributed by atoms with Gasteiger partial charge in [0.1, 0.15) is 3.70 Å². The van der Waals surface area contributed by atoms with E-state index >= 15 is 0 Å². The first-order valence-corrected chi connectivity index (χ1v) is 4.84. The lowest BCUT2D eigenvalue weighted by molar-refractivity contribution is -0.136. The average Bonchev–Trinajstić information content (AvgIpc) is 2.12. The predicted molar refractivity (Wildman–Crippen MR) is 53.2 cm³/mol. The zero-order chi connectivity index (χ0) is 11.6. The molecule has 1 aromatic heterocycles. The Labute approximate surface area is 96.5 Å². The minimum Gasteiger partial charge on any atom is -0.481 e. The summed E-state index contributed by atoms with van der Waals surface area (Å²) in [5.74, 6) is -2.35. The van der Waals surface area contributed by atoms with Crippen LogP contribution in [0, 0.1) is 9.52 Å². The zero-order valence-electron chi connectivity index (χ0n) is 7.18. The molecule has 7 heteroatoms. The maximum absolute atomic E-state index is 13.3. The number of carbonyl (C=O) groups is 1. The van der Waals surface area contributed by atoms with E-state index in [9.17, 15) is 18.0 Å². The number of alkyl halides is 2. The van der Waals surface area contributed by atoms with Crippen LogP contribution in [0.15, 0.2) is 6.20 Å². The van der Waals surface area contributed by atoms with Crippen LogP contribution < -0.4 is 0 Å². The Morgan fingerprint density at radius 3 is 2.67 bits per heavy atom. The molecule has 0 fully saturated rings. The third-order valence-electron chi connectivity index (χ3n) is 1.67. The summed E-state index contributed by atoms with van der Waals surface area (Å²) < 4.78 is 38.0. The number of hydrogen-bond acceptors (Lipinski definition) is 2. The van der Waals surface area contributed by atoms with Crippen molar-refractivity contribution in [3.8, 4) is 0 Å². The lowest BCUT2D eigenvalue weighted by Crippen LogP contribution is -2.09. The summed E-state index contributed by atoms with van der Waals surface area (Å²) in [6.45, 7) is 0. The Balaban J connectivity index is 3.28. The van der Waals surface area contributed by atoms with Crippen LogP contribution in [0.25, 0.3) is 0 Å². The molecule has 3 nitrogen and oxygen atoms in total. The fourth-order valence-corrected chi connectivity index (χ4v) is 1.50. The molecule has 0 atom stereocenters. The fourth-order valence-electron chi connectivity index (χ4n) is 1.03. The summed E-state index contributed by atoms with van der Waals surface area (Å²) >= 11 is 1.51. The minimum absolute atomic E-state index is 0.117. The van der Waals surface area contributed by atoms with Crippen LogP contribution >= 0.6 is 22.6 Å². The van der Waals surface area contributed by atoms with Gasteiger partial charge in [-0.15, -0.1) is 0 Å². The number of carboxylic acids is 1. The lowest BCUT2D eigenvalue weighted by Gasteiger charge is -2.08. The molecule has 0 aromatic carbocycles. The second kappa shape index (κ2) is 4.77. The minimum atomic E-state index is -2.93. The molecule has 0 saturated carbocycles. The standard InChI is InChI=1S/C8H5F3INO2/c9-6-3(1-5(14)15)4(7(10)11)2-13-8(6)12/h2,7H,1H2,(H,14,15). The second-order valence-electron chi connectivity index (χ2n) is 2.67. The molecule has 1 aromatic rings. The van der Waals surface area contributed by atoms with Gasteiger partial charge in [0.15, 0.2) is 5.82 Å². The van der Waals surface area contributed by atoms with Gasteiger partial charge in [-0.3, -0.25) is 4.79 Å². The normalized spacial score (nSPS) is 10.7. The maximum Gasteiger partial charge on any atom is 0.307 e. The van der Waals surface area contributed by atoms with Gasteiger partial charge in [-0.25, -0.2) is 18.2 Å². The van der Waals surface area contributed by atoms with E-state index in [-0.39, 0.29) is 3.70 Å². The predicted octanol–water partition coefficient (Wildman–Crippen LogP) is 2.39. The highest BCUT2D eigenvalue weighted by Gasteiger charge is 2.21. The van der Waals surface area contributed by atoms with Gasteiger partial charge >= 0.3 is 5.97 Å². The van der Waals surface area contributed by atoms with Crippen LogP contribution in [0.1, 0.15) is 17.6 Å². The van der Waals surface area contributed by atoms with Crippen molar-refractivity contribution in [2.24, 2.45) is 0 Å². The quantitative estimate of drug-likeness (QED) is 0.684. The van der Waals surface area contributed by atoms with E-state index in [2.05, 4.69) is 4.98 Å². The largest absolute Gasteiger partial charge is 0.481 e. The molecule has 1 rings (SSSR count). The van der Waals surface area contributed by atoms with Crippen LogP contribution in [-0.2, 0) is 11.2 Å². The lowest BCUT2D eigenvalue weighted by atomic mass is 10.1. The molecule has 0 radical (unpaired) electrons. The molecule has 0 aliphatic heterocycles. The summed E-state index contributed by atoms with van der Waals surface area (Å²) in [5.41, 5.74) is -1.17. The molecule has 0 aliphatic rings. The highest BCUT2D eigenvalue weighted by molar-refractivity contribution is 14.1. The Hall–Kier alpha value is -0.860. The molecule has 0 spiro atoms. The van der Waals surface area contributed by atoms with E-state index in [1.165, 1.54) is 22.6 Å². The molecule has 1 heterocycles. The number of hydrogen-bond donors (Lipinski definition) is 1. The Morgan fingerprint density at radius 1 is 1.60 bits per heavy atom. The molecular formula is C8H5F3INO2. The van der Waals surface area contributed by atoms with Gasteiger partial charge in [-0.1, -0.05) is 0 Å². The van der Waals surface area contributed by atoms with Crippen molar-refractivity contribution in [3.05, 3.63) is 26.8 Å². The van der Waals surface area contributed by atoms with Crippen LogP contribution in [0.3, 0.4) is 0 Å². The van der Waals surface area contributed by atoms with Crippen molar-refractivity contribution in [1.82, 2.24) is 4.98 Å². The molecule has 15 heavy (non-hydrogen) atoms. The molecule has 0 amide bonds. The molecule has 0 saturated heterocycles. The first-order valence-electron chi connectivity index (χ1n) is 3.76. The van der Waals surface area contributed by atoms with E-state index in [1.807, 2.05) is 0 Å². The van der Waals surface area contributed by atoms with Gasteiger partial charge in [0, 0.05) is 17.3 Å². The van der Waals surface area contributed by atoms with Crippen molar-refractivity contribution in [2.75, 3.05) is 0 Å². The monoisotopic (exact) mass is 331 g/mol. The smallest absolute Gasteiger partial charge is 0.307 e. The Bertz CT molecular complexity index is 398. The molecule has 0 unspecified atom stereocenters. The SMILES string of the molecule is O=C(O)Cc1c(C(F)F)cnc(I)c1F.